The molecule has 1 aromatic rings. The minimum Gasteiger partial charge on any atom is -0.481 e. The number of aliphatic carboxylic acids is 1. The molecule has 1 unspecified atom stereocenters. The number of ether oxygens (including phenoxy) is 1. The van der Waals surface area contributed by atoms with Crippen molar-refractivity contribution >= 4 is 5.97 Å². The largest absolute Gasteiger partial charge is 0.481 e. The molecule has 0 aromatic heterocycles. The van der Waals surface area contributed by atoms with E-state index in [9.17, 15) is 9.90 Å². The number of hydrogen-bond donors (Lipinski definition) is 2. The van der Waals surface area contributed by atoms with Gasteiger partial charge in [0.1, 0.15) is 5.41 Å². The van der Waals surface area contributed by atoms with E-state index in [1.807, 2.05) is 25.1 Å². The van der Waals surface area contributed by atoms with Gasteiger partial charge in [-0.1, -0.05) is 29.8 Å². The summed E-state index contributed by atoms with van der Waals surface area (Å²) in [5, 5.41) is 19.4. The van der Waals surface area contributed by atoms with E-state index in [-0.39, 0.29) is 13.2 Å². The number of hydroxylamine groups is 2. The quantitative estimate of drug-likeness (QED) is 0.581. The topological polar surface area (TPSA) is 70.0 Å². The highest BCUT2D eigenvalue weighted by Gasteiger charge is 2.35. The van der Waals surface area contributed by atoms with Gasteiger partial charge >= 0.3 is 5.97 Å². The second-order valence-corrected chi connectivity index (χ2v) is 4.94. The molecule has 0 fully saturated rings. The summed E-state index contributed by atoms with van der Waals surface area (Å²) < 4.78 is 5.38. The van der Waals surface area contributed by atoms with E-state index in [0.717, 1.165) is 16.2 Å². The first-order valence-electron chi connectivity index (χ1n) is 6.14. The molecule has 0 aliphatic carbocycles. The lowest BCUT2D eigenvalue weighted by atomic mass is 9.83. The molecular formula is C14H21NO4. The summed E-state index contributed by atoms with van der Waals surface area (Å²) in [5.74, 6) is -0.921. The van der Waals surface area contributed by atoms with Crippen LogP contribution >= 0.6 is 0 Å². The monoisotopic (exact) mass is 267 g/mol. The molecule has 0 saturated carbocycles. The van der Waals surface area contributed by atoms with Crippen LogP contribution in [0.25, 0.3) is 0 Å². The zero-order chi connectivity index (χ0) is 14.5. The number of benzene rings is 1. The Morgan fingerprint density at radius 3 is 2.68 bits per heavy atom. The van der Waals surface area contributed by atoms with E-state index in [0.29, 0.717) is 6.54 Å². The van der Waals surface area contributed by atoms with Crippen molar-refractivity contribution in [2.75, 3.05) is 26.8 Å². The van der Waals surface area contributed by atoms with E-state index in [1.165, 1.54) is 7.05 Å². The fourth-order valence-corrected chi connectivity index (χ4v) is 1.73. The first-order chi connectivity index (χ1) is 8.86. The summed E-state index contributed by atoms with van der Waals surface area (Å²) in [7, 11) is 1.51. The first-order valence-corrected chi connectivity index (χ1v) is 6.14. The molecule has 0 saturated heterocycles. The van der Waals surface area contributed by atoms with E-state index < -0.39 is 11.4 Å². The molecule has 5 heteroatoms. The molecule has 5 nitrogen and oxygen atoms in total. The zero-order valence-electron chi connectivity index (χ0n) is 11.6. The van der Waals surface area contributed by atoms with Gasteiger partial charge in [-0.15, -0.1) is 0 Å². The van der Waals surface area contributed by atoms with Crippen molar-refractivity contribution < 1.29 is 19.8 Å². The lowest BCUT2D eigenvalue weighted by Crippen LogP contribution is -2.38. The van der Waals surface area contributed by atoms with Crippen LogP contribution < -0.4 is 0 Å². The van der Waals surface area contributed by atoms with Crippen LogP contribution in [0.5, 0.6) is 0 Å². The Bertz CT molecular complexity index is 433. The van der Waals surface area contributed by atoms with Gasteiger partial charge in [0.2, 0.25) is 0 Å². The van der Waals surface area contributed by atoms with Gasteiger partial charge in [0.15, 0.2) is 0 Å². The fourth-order valence-electron chi connectivity index (χ4n) is 1.73. The van der Waals surface area contributed by atoms with E-state index in [2.05, 4.69) is 0 Å². The van der Waals surface area contributed by atoms with Gasteiger partial charge < -0.3 is 15.1 Å². The number of likely N-dealkylation sites (N-methyl/N-ethyl adjacent to an activating group) is 1. The number of hydrogen-bond acceptors (Lipinski definition) is 4. The Morgan fingerprint density at radius 2 is 2.16 bits per heavy atom. The number of carboxylic acid groups (broad SMARTS) is 1. The Hall–Kier alpha value is -1.43. The van der Waals surface area contributed by atoms with Gasteiger partial charge in [-0.05, 0) is 19.4 Å². The molecular weight excluding hydrogens is 246 g/mol. The van der Waals surface area contributed by atoms with Crippen LogP contribution in [0.2, 0.25) is 0 Å². The summed E-state index contributed by atoms with van der Waals surface area (Å²) in [6.45, 7) is 4.25. The summed E-state index contributed by atoms with van der Waals surface area (Å²) in [5.41, 5.74) is 0.650. The predicted octanol–water partition coefficient (Wildman–Crippen LogP) is 1.67. The van der Waals surface area contributed by atoms with Crippen LogP contribution in [0.15, 0.2) is 24.3 Å². The molecule has 106 valence electrons. The van der Waals surface area contributed by atoms with Gasteiger partial charge in [0.25, 0.3) is 0 Å². The molecule has 0 radical (unpaired) electrons. The minimum absolute atomic E-state index is 0.0691. The number of rotatable bonds is 7. The average Bonchev–Trinajstić information content (AvgIpc) is 2.34. The van der Waals surface area contributed by atoms with Crippen molar-refractivity contribution in [3.63, 3.8) is 0 Å². The molecule has 19 heavy (non-hydrogen) atoms. The van der Waals surface area contributed by atoms with E-state index >= 15 is 0 Å². The Balaban J connectivity index is 2.77. The molecule has 1 atom stereocenters. The third kappa shape index (κ3) is 4.31. The van der Waals surface area contributed by atoms with Crippen LogP contribution in [0.4, 0.5) is 0 Å². The van der Waals surface area contributed by atoms with Crippen molar-refractivity contribution in [2.24, 2.45) is 0 Å². The summed E-state index contributed by atoms with van der Waals surface area (Å²) in [4.78, 5) is 11.5. The standard InChI is InChI=1S/C14H21NO4/c1-11-5-4-6-12(9-11)14(2,13(16)17)10-19-8-7-15(3)18/h4-6,9,18H,7-8,10H2,1-3H3,(H,16,17). The van der Waals surface area contributed by atoms with E-state index in [1.54, 1.807) is 13.0 Å². The minimum atomic E-state index is -1.08. The zero-order valence-corrected chi connectivity index (χ0v) is 11.6. The molecule has 0 aliphatic heterocycles. The van der Waals surface area contributed by atoms with Crippen LogP contribution in [0, 0.1) is 6.92 Å². The maximum absolute atomic E-state index is 11.5. The number of nitrogens with zero attached hydrogens (tertiary/aromatic N) is 1. The van der Waals surface area contributed by atoms with E-state index in [4.69, 9.17) is 9.94 Å². The van der Waals surface area contributed by atoms with Crippen molar-refractivity contribution in [1.29, 1.82) is 0 Å². The van der Waals surface area contributed by atoms with Gasteiger partial charge in [0.05, 0.1) is 13.2 Å². The fraction of sp³-hybridized carbons (Fsp3) is 0.500. The Morgan fingerprint density at radius 1 is 1.47 bits per heavy atom. The van der Waals surface area contributed by atoms with Crippen LogP contribution in [0.3, 0.4) is 0 Å². The predicted molar refractivity (Wildman–Crippen MR) is 71.4 cm³/mol. The Kier molecular flexibility index (Phi) is 5.47. The van der Waals surface area contributed by atoms with Crippen molar-refractivity contribution in [2.45, 2.75) is 19.3 Å². The third-order valence-electron chi connectivity index (χ3n) is 3.08. The number of carboxylic acids is 1. The highest BCUT2D eigenvalue weighted by atomic mass is 16.5. The maximum atomic E-state index is 11.5. The van der Waals surface area contributed by atoms with Gasteiger partial charge in [-0.2, -0.15) is 5.06 Å². The normalized spacial score (nSPS) is 14.4. The molecule has 0 spiro atoms. The SMILES string of the molecule is Cc1cccc(C(C)(COCCN(C)O)C(=O)O)c1. The Labute approximate surface area is 113 Å². The molecule has 0 heterocycles. The molecule has 0 bridgehead atoms. The van der Waals surface area contributed by atoms with Crippen molar-refractivity contribution in [3.05, 3.63) is 35.4 Å². The average molecular weight is 267 g/mol. The molecule has 0 aliphatic rings. The molecule has 0 amide bonds. The highest BCUT2D eigenvalue weighted by molar-refractivity contribution is 5.81. The van der Waals surface area contributed by atoms with Gasteiger partial charge in [-0.3, -0.25) is 4.79 Å². The molecule has 1 rings (SSSR count). The van der Waals surface area contributed by atoms with Crippen LogP contribution in [0.1, 0.15) is 18.1 Å². The second-order valence-electron chi connectivity index (χ2n) is 4.94. The molecule has 2 N–H and O–H groups in total. The van der Waals surface area contributed by atoms with Crippen molar-refractivity contribution in [3.8, 4) is 0 Å². The number of aryl methyl sites for hydroxylation is 1. The molecule has 1 aromatic carbocycles. The maximum Gasteiger partial charge on any atom is 0.316 e. The lowest BCUT2D eigenvalue weighted by Gasteiger charge is -2.25. The second kappa shape index (κ2) is 6.65. The first kappa shape index (κ1) is 15.6. The van der Waals surface area contributed by atoms with Crippen LogP contribution in [-0.4, -0.2) is 48.2 Å². The van der Waals surface area contributed by atoms with Crippen molar-refractivity contribution in [1.82, 2.24) is 5.06 Å². The van der Waals surface area contributed by atoms with Gasteiger partial charge in [-0.25, -0.2) is 0 Å². The highest BCUT2D eigenvalue weighted by Crippen LogP contribution is 2.25. The third-order valence-corrected chi connectivity index (χ3v) is 3.08. The van der Waals surface area contributed by atoms with Crippen LogP contribution in [-0.2, 0) is 14.9 Å². The summed E-state index contributed by atoms with van der Waals surface area (Å²) in [6.07, 6.45) is 0. The number of carbonyl (C=O) groups is 1. The lowest BCUT2D eigenvalue weighted by molar-refractivity contribution is -0.146. The smallest absolute Gasteiger partial charge is 0.316 e. The van der Waals surface area contributed by atoms with Gasteiger partial charge in [0, 0.05) is 13.6 Å². The summed E-state index contributed by atoms with van der Waals surface area (Å²) >= 11 is 0. The summed E-state index contributed by atoms with van der Waals surface area (Å²) in [6, 6.07) is 7.42.